The number of benzene rings is 2. The lowest BCUT2D eigenvalue weighted by Gasteiger charge is -2.16. The van der Waals surface area contributed by atoms with Gasteiger partial charge >= 0.3 is 5.97 Å². The van der Waals surface area contributed by atoms with Crippen LogP contribution in [0.2, 0.25) is 0 Å². The summed E-state index contributed by atoms with van der Waals surface area (Å²) in [4.78, 5) is 41.5. The van der Waals surface area contributed by atoms with Crippen LogP contribution < -0.4 is 10.2 Å². The zero-order valence-electron chi connectivity index (χ0n) is 14.7. The Labute approximate surface area is 166 Å². The van der Waals surface area contributed by atoms with Crippen LogP contribution in [0.1, 0.15) is 10.5 Å². The van der Waals surface area contributed by atoms with E-state index >= 15 is 0 Å². The Morgan fingerprint density at radius 3 is 2.43 bits per heavy atom. The van der Waals surface area contributed by atoms with Gasteiger partial charge in [-0.2, -0.15) is 0 Å². The quantitative estimate of drug-likeness (QED) is 0.627. The number of carboxylic acids is 1. The Bertz CT molecular complexity index is 1000. The Hall–Kier alpha value is -3.32. The fourth-order valence-electron chi connectivity index (χ4n) is 3.37. The Morgan fingerprint density at radius 2 is 1.75 bits per heavy atom. The van der Waals surface area contributed by atoms with Gasteiger partial charge in [0, 0.05) is 23.1 Å². The summed E-state index contributed by atoms with van der Waals surface area (Å²) >= 11 is 0. The van der Waals surface area contributed by atoms with Crippen molar-refractivity contribution < 1.29 is 19.5 Å². The molecule has 144 valence electrons. The highest BCUT2D eigenvalue weighted by molar-refractivity contribution is 6.07. The van der Waals surface area contributed by atoms with Crippen LogP contribution in [-0.2, 0) is 9.59 Å². The SMILES string of the molecule is Cl.O=C(N[C@@H]1C(=O)N(c2ccccc2)C[C@H]1C(=O)O)c1cc2ccccc2[nH]1. The van der Waals surface area contributed by atoms with E-state index in [4.69, 9.17) is 0 Å². The number of carboxylic acid groups (broad SMARTS) is 1. The molecule has 0 radical (unpaired) electrons. The standard InChI is InChI=1S/C20H17N3O4.ClH/c24-18(16-10-12-6-4-5-9-15(12)21-16)22-17-14(20(26)27)11-23(19(17)25)13-7-2-1-3-8-13;/h1-10,14,17,21H,11H2,(H,22,24)(H,26,27);1H/t14-,17+;/m1./s1. The van der Waals surface area contributed by atoms with Gasteiger partial charge in [0.05, 0.1) is 0 Å². The number of anilines is 1. The maximum atomic E-state index is 12.8. The average Bonchev–Trinajstić information content (AvgIpc) is 3.24. The third-order valence-corrected chi connectivity index (χ3v) is 4.76. The van der Waals surface area contributed by atoms with E-state index in [-0.39, 0.29) is 24.6 Å². The smallest absolute Gasteiger partial charge is 0.310 e. The largest absolute Gasteiger partial charge is 0.481 e. The van der Waals surface area contributed by atoms with E-state index in [1.807, 2.05) is 30.3 Å². The summed E-state index contributed by atoms with van der Waals surface area (Å²) in [7, 11) is 0. The molecule has 28 heavy (non-hydrogen) atoms. The van der Waals surface area contributed by atoms with E-state index in [9.17, 15) is 19.5 Å². The van der Waals surface area contributed by atoms with E-state index < -0.39 is 29.7 Å². The lowest BCUT2D eigenvalue weighted by molar-refractivity contribution is -0.142. The first-order valence-electron chi connectivity index (χ1n) is 8.52. The van der Waals surface area contributed by atoms with Gasteiger partial charge in [-0.1, -0.05) is 36.4 Å². The lowest BCUT2D eigenvalue weighted by atomic mass is 10.0. The summed E-state index contributed by atoms with van der Waals surface area (Å²) in [6.07, 6.45) is 0. The molecule has 2 atom stereocenters. The number of hydrogen-bond acceptors (Lipinski definition) is 3. The van der Waals surface area contributed by atoms with Crippen LogP contribution in [0.5, 0.6) is 0 Å². The molecule has 4 rings (SSSR count). The van der Waals surface area contributed by atoms with Crippen molar-refractivity contribution in [3.8, 4) is 0 Å². The van der Waals surface area contributed by atoms with Crippen molar-refractivity contribution in [2.24, 2.45) is 5.92 Å². The Balaban J connectivity index is 0.00000225. The van der Waals surface area contributed by atoms with E-state index in [2.05, 4.69) is 10.3 Å². The van der Waals surface area contributed by atoms with Gasteiger partial charge in [0.1, 0.15) is 17.7 Å². The number of nitrogens with zero attached hydrogens (tertiary/aromatic N) is 1. The molecule has 1 aliphatic rings. The number of aromatic nitrogens is 1. The molecule has 3 aromatic rings. The number of hydrogen-bond donors (Lipinski definition) is 3. The molecular formula is C20H18ClN3O4. The summed E-state index contributed by atoms with van der Waals surface area (Å²) < 4.78 is 0. The second-order valence-corrected chi connectivity index (χ2v) is 6.45. The summed E-state index contributed by atoms with van der Waals surface area (Å²) in [5.74, 6) is -3.08. The molecule has 1 saturated heterocycles. The molecule has 2 amide bonds. The molecule has 0 bridgehead atoms. The minimum absolute atomic E-state index is 0. The molecule has 0 spiro atoms. The van der Waals surface area contributed by atoms with Crippen molar-refractivity contribution in [2.45, 2.75) is 6.04 Å². The summed E-state index contributed by atoms with van der Waals surface area (Å²) in [6, 6.07) is 16.8. The molecule has 2 heterocycles. The fraction of sp³-hybridized carbons (Fsp3) is 0.150. The van der Waals surface area contributed by atoms with E-state index in [1.165, 1.54) is 4.90 Å². The monoisotopic (exact) mass is 399 g/mol. The first-order valence-corrected chi connectivity index (χ1v) is 8.52. The zero-order chi connectivity index (χ0) is 19.0. The van der Waals surface area contributed by atoms with E-state index in [0.29, 0.717) is 5.69 Å². The molecule has 2 aromatic carbocycles. The van der Waals surface area contributed by atoms with Crippen molar-refractivity contribution in [2.75, 3.05) is 11.4 Å². The van der Waals surface area contributed by atoms with E-state index in [0.717, 1.165) is 10.9 Å². The summed E-state index contributed by atoms with van der Waals surface area (Å²) in [6.45, 7) is 0.00975. The van der Waals surface area contributed by atoms with Crippen molar-refractivity contribution >= 4 is 46.8 Å². The highest BCUT2D eigenvalue weighted by atomic mass is 35.5. The number of halogens is 1. The molecule has 1 fully saturated rings. The predicted octanol–water partition coefficient (Wildman–Crippen LogP) is 2.44. The predicted molar refractivity (Wildman–Crippen MR) is 107 cm³/mol. The number of fused-ring (bicyclic) bond motifs is 1. The Morgan fingerprint density at radius 1 is 1.07 bits per heavy atom. The molecular weight excluding hydrogens is 382 g/mol. The molecule has 0 unspecified atom stereocenters. The number of H-pyrrole nitrogens is 1. The molecule has 7 nitrogen and oxygen atoms in total. The number of nitrogens with one attached hydrogen (secondary N) is 2. The van der Waals surface area contributed by atoms with Crippen molar-refractivity contribution in [1.82, 2.24) is 10.3 Å². The summed E-state index contributed by atoms with van der Waals surface area (Å²) in [5.41, 5.74) is 1.68. The molecule has 0 aliphatic carbocycles. The molecule has 0 saturated carbocycles. The maximum absolute atomic E-state index is 12.8. The average molecular weight is 400 g/mol. The Kier molecular flexibility index (Phi) is 5.37. The highest BCUT2D eigenvalue weighted by Crippen LogP contribution is 2.26. The molecule has 1 aliphatic heterocycles. The number of aromatic amines is 1. The third-order valence-electron chi connectivity index (χ3n) is 4.76. The van der Waals surface area contributed by atoms with Gasteiger partial charge in [0.25, 0.3) is 11.8 Å². The van der Waals surface area contributed by atoms with Gasteiger partial charge in [-0.15, -0.1) is 12.4 Å². The first-order chi connectivity index (χ1) is 13.0. The number of rotatable bonds is 4. The van der Waals surface area contributed by atoms with Gasteiger partial charge in [-0.05, 0) is 24.3 Å². The second kappa shape index (κ2) is 7.74. The normalized spacial score (nSPS) is 18.7. The van der Waals surface area contributed by atoms with Crippen LogP contribution in [0.4, 0.5) is 5.69 Å². The van der Waals surface area contributed by atoms with E-state index in [1.54, 1.807) is 30.3 Å². The van der Waals surface area contributed by atoms with Crippen LogP contribution in [0.25, 0.3) is 10.9 Å². The van der Waals surface area contributed by atoms with Gasteiger partial charge in [0.2, 0.25) is 0 Å². The highest BCUT2D eigenvalue weighted by Gasteiger charge is 2.46. The van der Waals surface area contributed by atoms with Gasteiger partial charge in [-0.3, -0.25) is 14.4 Å². The summed E-state index contributed by atoms with van der Waals surface area (Å²) in [5, 5.41) is 13.0. The molecule has 1 aromatic heterocycles. The number of aliphatic carboxylic acids is 1. The van der Waals surface area contributed by atoms with Crippen LogP contribution in [-0.4, -0.2) is 40.5 Å². The zero-order valence-corrected chi connectivity index (χ0v) is 15.5. The van der Waals surface area contributed by atoms with Gasteiger partial charge < -0.3 is 20.3 Å². The lowest BCUT2D eigenvalue weighted by Crippen LogP contribution is -2.46. The minimum Gasteiger partial charge on any atom is -0.481 e. The van der Waals surface area contributed by atoms with Crippen LogP contribution in [0.15, 0.2) is 60.7 Å². The van der Waals surface area contributed by atoms with Gasteiger partial charge in [-0.25, -0.2) is 0 Å². The third kappa shape index (κ3) is 3.44. The van der Waals surface area contributed by atoms with Gasteiger partial charge in [0.15, 0.2) is 0 Å². The second-order valence-electron chi connectivity index (χ2n) is 6.45. The van der Waals surface area contributed by atoms with Crippen LogP contribution >= 0.6 is 12.4 Å². The van der Waals surface area contributed by atoms with Crippen LogP contribution in [0, 0.1) is 5.92 Å². The first kappa shape index (κ1) is 19.4. The maximum Gasteiger partial charge on any atom is 0.310 e. The number of amides is 2. The molecule has 3 N–H and O–H groups in total. The number of carbonyl (C=O) groups excluding carboxylic acids is 2. The van der Waals surface area contributed by atoms with Crippen molar-refractivity contribution in [3.63, 3.8) is 0 Å². The van der Waals surface area contributed by atoms with Crippen molar-refractivity contribution in [3.05, 3.63) is 66.4 Å². The fourth-order valence-corrected chi connectivity index (χ4v) is 3.37. The number of carbonyl (C=O) groups is 3. The molecule has 8 heteroatoms. The number of para-hydroxylation sites is 2. The minimum atomic E-state index is -1.12. The van der Waals surface area contributed by atoms with Crippen molar-refractivity contribution in [1.29, 1.82) is 0 Å². The van der Waals surface area contributed by atoms with Crippen LogP contribution in [0.3, 0.4) is 0 Å². The topological polar surface area (TPSA) is 102 Å².